The molecule has 2 aromatic carbocycles. The zero-order valence-corrected chi connectivity index (χ0v) is 14.9. The molecular formula is C21H23N3O2. The van der Waals surface area contributed by atoms with Gasteiger partial charge in [0.15, 0.2) is 0 Å². The molecule has 0 saturated carbocycles. The van der Waals surface area contributed by atoms with Gasteiger partial charge in [0.25, 0.3) is 0 Å². The van der Waals surface area contributed by atoms with Gasteiger partial charge in [-0.2, -0.15) is 0 Å². The molecule has 5 nitrogen and oxygen atoms in total. The molecule has 0 fully saturated rings. The molecule has 26 heavy (non-hydrogen) atoms. The van der Waals surface area contributed by atoms with E-state index < -0.39 is 0 Å². The number of fused-ring (bicyclic) bond motifs is 1. The van der Waals surface area contributed by atoms with Gasteiger partial charge in [-0.25, -0.2) is 4.98 Å². The Kier molecular flexibility index (Phi) is 6.17. The number of carbonyl (C=O) groups is 1. The van der Waals surface area contributed by atoms with Crippen molar-refractivity contribution in [3.8, 4) is 0 Å². The minimum absolute atomic E-state index is 0.0796. The van der Waals surface area contributed by atoms with Crippen LogP contribution in [0.4, 0.5) is 0 Å². The molecule has 3 aromatic rings. The van der Waals surface area contributed by atoms with Gasteiger partial charge < -0.3 is 14.6 Å². The van der Waals surface area contributed by atoms with E-state index in [1.807, 2.05) is 36.4 Å². The fourth-order valence-corrected chi connectivity index (χ4v) is 2.87. The van der Waals surface area contributed by atoms with Crippen molar-refractivity contribution in [2.24, 2.45) is 0 Å². The molecule has 0 radical (unpaired) electrons. The van der Waals surface area contributed by atoms with E-state index in [0.717, 1.165) is 23.4 Å². The lowest BCUT2D eigenvalue weighted by Crippen LogP contribution is -2.29. The van der Waals surface area contributed by atoms with Crippen LogP contribution in [0.5, 0.6) is 0 Å². The van der Waals surface area contributed by atoms with Crippen molar-refractivity contribution >= 4 is 23.0 Å². The van der Waals surface area contributed by atoms with Crippen LogP contribution in [0.25, 0.3) is 17.1 Å². The number of para-hydroxylation sites is 2. The molecule has 134 valence electrons. The summed E-state index contributed by atoms with van der Waals surface area (Å²) in [6.45, 7) is 1.35. The van der Waals surface area contributed by atoms with Crippen molar-refractivity contribution in [2.75, 3.05) is 20.3 Å². The monoisotopic (exact) mass is 349 g/mol. The number of nitrogens with one attached hydrogen (secondary N) is 1. The molecule has 0 atom stereocenters. The Hall–Kier alpha value is -2.92. The van der Waals surface area contributed by atoms with Crippen LogP contribution < -0.4 is 5.32 Å². The van der Waals surface area contributed by atoms with Crippen LogP contribution in [0.1, 0.15) is 11.4 Å². The number of rotatable bonds is 8. The van der Waals surface area contributed by atoms with E-state index in [9.17, 15) is 4.79 Å². The highest BCUT2D eigenvalue weighted by molar-refractivity contribution is 5.77. The zero-order chi connectivity index (χ0) is 18.2. The van der Waals surface area contributed by atoms with Gasteiger partial charge in [-0.15, -0.1) is 0 Å². The SMILES string of the molecule is COCC(=O)NCCc1nc2ccccc2n1C/C=C/c1ccccc1. The largest absolute Gasteiger partial charge is 0.375 e. The standard InChI is InChI=1S/C21H23N3O2/c1-26-16-21(25)22-14-13-20-23-18-11-5-6-12-19(18)24(20)15-7-10-17-8-3-2-4-9-17/h2-12H,13-16H2,1H3,(H,22,25)/b10-7+. The smallest absolute Gasteiger partial charge is 0.245 e. The highest BCUT2D eigenvalue weighted by Crippen LogP contribution is 2.17. The average Bonchev–Trinajstić information content (AvgIpc) is 3.01. The summed E-state index contributed by atoms with van der Waals surface area (Å²) < 4.78 is 7.02. The number of nitrogens with zero attached hydrogens (tertiary/aromatic N) is 2. The quantitative estimate of drug-likeness (QED) is 0.680. The molecule has 0 aliphatic heterocycles. The normalized spacial score (nSPS) is 11.3. The number of carbonyl (C=O) groups excluding carboxylic acids is 1. The van der Waals surface area contributed by atoms with E-state index in [1.54, 1.807) is 0 Å². The first-order valence-corrected chi connectivity index (χ1v) is 8.69. The Morgan fingerprint density at radius 2 is 1.92 bits per heavy atom. The number of ether oxygens (including phenoxy) is 1. The van der Waals surface area contributed by atoms with Crippen LogP contribution >= 0.6 is 0 Å². The lowest BCUT2D eigenvalue weighted by molar-refractivity contribution is -0.124. The van der Waals surface area contributed by atoms with Crippen LogP contribution in [-0.4, -0.2) is 35.7 Å². The lowest BCUT2D eigenvalue weighted by Gasteiger charge is -2.08. The van der Waals surface area contributed by atoms with Crippen molar-refractivity contribution in [1.82, 2.24) is 14.9 Å². The van der Waals surface area contributed by atoms with E-state index in [1.165, 1.54) is 12.7 Å². The topological polar surface area (TPSA) is 56.1 Å². The van der Waals surface area contributed by atoms with Crippen LogP contribution in [0.3, 0.4) is 0 Å². The molecular weight excluding hydrogens is 326 g/mol. The first-order valence-electron chi connectivity index (χ1n) is 8.69. The van der Waals surface area contributed by atoms with Crippen molar-refractivity contribution in [2.45, 2.75) is 13.0 Å². The Bertz CT molecular complexity index is 885. The predicted octanol–water partition coefficient (Wildman–Crippen LogP) is 3.05. The summed E-state index contributed by atoms with van der Waals surface area (Å²) in [6.07, 6.45) is 4.92. The molecule has 0 saturated heterocycles. The fourth-order valence-electron chi connectivity index (χ4n) is 2.87. The van der Waals surface area contributed by atoms with Crippen molar-refractivity contribution in [3.05, 3.63) is 72.1 Å². The van der Waals surface area contributed by atoms with Gasteiger partial charge in [-0.3, -0.25) is 4.79 Å². The van der Waals surface area contributed by atoms with E-state index in [2.05, 4.69) is 40.2 Å². The molecule has 1 aromatic heterocycles. The van der Waals surface area contributed by atoms with Crippen LogP contribution in [0.2, 0.25) is 0 Å². The summed E-state index contributed by atoms with van der Waals surface area (Å²) in [5.41, 5.74) is 3.24. The lowest BCUT2D eigenvalue weighted by atomic mass is 10.2. The molecule has 3 rings (SSSR count). The highest BCUT2D eigenvalue weighted by Gasteiger charge is 2.09. The molecule has 0 aliphatic rings. The third kappa shape index (κ3) is 4.58. The average molecular weight is 349 g/mol. The number of amides is 1. The Balaban J connectivity index is 1.74. The second kappa shape index (κ2) is 8.97. The van der Waals surface area contributed by atoms with E-state index in [-0.39, 0.29) is 12.5 Å². The maximum absolute atomic E-state index is 11.5. The van der Waals surface area contributed by atoms with Gasteiger partial charge in [0.05, 0.1) is 11.0 Å². The minimum atomic E-state index is -0.112. The zero-order valence-electron chi connectivity index (χ0n) is 14.9. The van der Waals surface area contributed by atoms with Crippen molar-refractivity contribution < 1.29 is 9.53 Å². The molecule has 0 aliphatic carbocycles. The number of hydrogen-bond donors (Lipinski definition) is 1. The summed E-state index contributed by atoms with van der Waals surface area (Å²) >= 11 is 0. The second-order valence-corrected chi connectivity index (χ2v) is 5.97. The summed E-state index contributed by atoms with van der Waals surface area (Å²) in [5.74, 6) is 0.848. The number of benzene rings is 2. The second-order valence-electron chi connectivity index (χ2n) is 5.97. The Morgan fingerprint density at radius 3 is 2.73 bits per heavy atom. The molecule has 1 N–H and O–H groups in total. The number of methoxy groups -OCH3 is 1. The Labute approximate surface area is 153 Å². The van der Waals surface area contributed by atoms with E-state index in [4.69, 9.17) is 9.72 Å². The summed E-state index contributed by atoms with van der Waals surface area (Å²) in [4.78, 5) is 16.3. The van der Waals surface area contributed by atoms with Gasteiger partial charge >= 0.3 is 0 Å². The summed E-state index contributed by atoms with van der Waals surface area (Å²) in [7, 11) is 1.51. The number of hydrogen-bond acceptors (Lipinski definition) is 3. The molecule has 0 unspecified atom stereocenters. The third-order valence-electron chi connectivity index (χ3n) is 4.08. The van der Waals surface area contributed by atoms with Gasteiger partial charge in [0.1, 0.15) is 12.4 Å². The minimum Gasteiger partial charge on any atom is -0.375 e. The summed E-state index contributed by atoms with van der Waals surface area (Å²) in [5, 5.41) is 2.85. The number of aromatic nitrogens is 2. The van der Waals surface area contributed by atoms with Gasteiger partial charge in [0.2, 0.25) is 5.91 Å². The predicted molar refractivity (Wildman–Crippen MR) is 104 cm³/mol. The first-order chi connectivity index (χ1) is 12.8. The Morgan fingerprint density at radius 1 is 1.15 bits per heavy atom. The maximum Gasteiger partial charge on any atom is 0.245 e. The van der Waals surface area contributed by atoms with Gasteiger partial charge in [-0.1, -0.05) is 54.6 Å². The highest BCUT2D eigenvalue weighted by atomic mass is 16.5. The number of imidazole rings is 1. The van der Waals surface area contributed by atoms with E-state index in [0.29, 0.717) is 13.0 Å². The summed E-state index contributed by atoms with van der Waals surface area (Å²) in [6, 6.07) is 18.3. The molecule has 1 amide bonds. The maximum atomic E-state index is 11.5. The van der Waals surface area contributed by atoms with Crippen LogP contribution in [-0.2, 0) is 22.5 Å². The fraction of sp³-hybridized carbons (Fsp3) is 0.238. The van der Waals surface area contributed by atoms with Gasteiger partial charge in [-0.05, 0) is 17.7 Å². The van der Waals surface area contributed by atoms with Crippen molar-refractivity contribution in [3.63, 3.8) is 0 Å². The van der Waals surface area contributed by atoms with Crippen LogP contribution in [0, 0.1) is 0 Å². The first kappa shape index (κ1) is 17.9. The van der Waals surface area contributed by atoms with Gasteiger partial charge in [0, 0.05) is 26.6 Å². The number of allylic oxidation sites excluding steroid dienone is 1. The molecule has 1 heterocycles. The van der Waals surface area contributed by atoms with E-state index >= 15 is 0 Å². The third-order valence-corrected chi connectivity index (χ3v) is 4.08. The molecule has 5 heteroatoms. The van der Waals surface area contributed by atoms with Crippen LogP contribution in [0.15, 0.2) is 60.7 Å². The van der Waals surface area contributed by atoms with Crippen molar-refractivity contribution in [1.29, 1.82) is 0 Å². The molecule has 0 bridgehead atoms. The molecule has 0 spiro atoms.